The minimum Gasteiger partial charge on any atom is -0.477 e. The van der Waals surface area contributed by atoms with Crippen LogP contribution in [0.2, 0.25) is 0 Å². The molecule has 0 aliphatic rings. The highest BCUT2D eigenvalue weighted by Crippen LogP contribution is 2.24. The number of nitrogen functional groups attached to an aromatic ring is 1. The van der Waals surface area contributed by atoms with Crippen LogP contribution in [-0.4, -0.2) is 25.7 Å². The van der Waals surface area contributed by atoms with Crippen LogP contribution in [0.15, 0.2) is 30.7 Å². The maximum Gasteiger partial charge on any atom is 0.354 e. The van der Waals surface area contributed by atoms with Crippen LogP contribution in [-0.2, 0) is 0 Å². The SMILES string of the molecule is Nn1c(C(=O)O)cc2cnc3ccncc3c21. The van der Waals surface area contributed by atoms with Crippen molar-refractivity contribution in [3.8, 4) is 0 Å². The molecule has 0 aliphatic carbocycles. The Bertz CT molecular complexity index is 748. The lowest BCUT2D eigenvalue weighted by Crippen LogP contribution is -2.15. The van der Waals surface area contributed by atoms with Gasteiger partial charge < -0.3 is 10.9 Å². The van der Waals surface area contributed by atoms with Crippen molar-refractivity contribution in [2.45, 2.75) is 0 Å². The van der Waals surface area contributed by atoms with E-state index in [0.29, 0.717) is 10.9 Å². The monoisotopic (exact) mass is 228 g/mol. The molecule has 3 aromatic rings. The molecule has 0 unspecified atom stereocenters. The summed E-state index contributed by atoms with van der Waals surface area (Å²) in [5.41, 5.74) is 1.38. The van der Waals surface area contributed by atoms with Crippen LogP contribution in [0.4, 0.5) is 0 Å². The molecule has 0 atom stereocenters. The summed E-state index contributed by atoms with van der Waals surface area (Å²) in [6.45, 7) is 0. The molecule has 3 rings (SSSR count). The number of hydrogen-bond acceptors (Lipinski definition) is 4. The Morgan fingerprint density at radius 2 is 2.24 bits per heavy atom. The third-order valence-corrected chi connectivity index (χ3v) is 2.68. The van der Waals surface area contributed by atoms with Crippen LogP contribution < -0.4 is 5.84 Å². The van der Waals surface area contributed by atoms with Gasteiger partial charge in [0, 0.05) is 29.4 Å². The molecule has 84 valence electrons. The van der Waals surface area contributed by atoms with E-state index in [1.54, 1.807) is 24.7 Å². The lowest BCUT2D eigenvalue weighted by atomic mass is 10.2. The van der Waals surface area contributed by atoms with Gasteiger partial charge >= 0.3 is 5.97 Å². The first-order valence-corrected chi connectivity index (χ1v) is 4.91. The quantitative estimate of drug-likeness (QED) is 0.606. The number of nitrogens with two attached hydrogens (primary N) is 1. The number of aromatic carboxylic acids is 1. The van der Waals surface area contributed by atoms with E-state index in [9.17, 15) is 4.79 Å². The fourth-order valence-electron chi connectivity index (χ4n) is 1.91. The van der Waals surface area contributed by atoms with Crippen LogP contribution in [0.25, 0.3) is 21.8 Å². The van der Waals surface area contributed by atoms with Gasteiger partial charge in [0.1, 0.15) is 5.69 Å². The molecule has 0 bridgehead atoms. The highest BCUT2D eigenvalue weighted by atomic mass is 16.4. The average molecular weight is 228 g/mol. The Hall–Kier alpha value is -2.63. The van der Waals surface area contributed by atoms with E-state index < -0.39 is 5.97 Å². The Labute approximate surface area is 95.3 Å². The third kappa shape index (κ3) is 1.24. The molecule has 6 nitrogen and oxygen atoms in total. The minimum absolute atomic E-state index is 0.0261. The summed E-state index contributed by atoms with van der Waals surface area (Å²) in [7, 11) is 0. The number of carboxylic acids is 1. The maximum absolute atomic E-state index is 11.0. The second-order valence-corrected chi connectivity index (χ2v) is 3.66. The fourth-order valence-corrected chi connectivity index (χ4v) is 1.91. The number of hydrogen-bond donors (Lipinski definition) is 2. The van der Waals surface area contributed by atoms with E-state index in [2.05, 4.69) is 9.97 Å². The van der Waals surface area contributed by atoms with Gasteiger partial charge in [-0.25, -0.2) is 4.79 Å². The molecule has 0 amide bonds. The predicted octanol–water partition coefficient (Wildman–Crippen LogP) is 0.996. The summed E-state index contributed by atoms with van der Waals surface area (Å²) in [4.78, 5) is 19.2. The van der Waals surface area contributed by atoms with E-state index in [0.717, 1.165) is 15.6 Å². The molecule has 0 radical (unpaired) electrons. The second-order valence-electron chi connectivity index (χ2n) is 3.66. The standard InChI is InChI=1S/C11H8N4O2/c12-15-9(11(16)17)3-6-4-14-8-1-2-13-5-7(8)10(6)15/h1-5H,12H2,(H,16,17). The van der Waals surface area contributed by atoms with Gasteiger partial charge in [0.05, 0.1) is 11.0 Å². The normalized spacial score (nSPS) is 11.1. The lowest BCUT2D eigenvalue weighted by Gasteiger charge is -2.02. The molecule has 0 saturated carbocycles. The van der Waals surface area contributed by atoms with Crippen molar-refractivity contribution in [3.63, 3.8) is 0 Å². The summed E-state index contributed by atoms with van der Waals surface area (Å²) in [5, 5.41) is 10.4. The van der Waals surface area contributed by atoms with Gasteiger partial charge in [-0.3, -0.25) is 14.6 Å². The Kier molecular flexibility index (Phi) is 1.79. The molecule has 0 fully saturated rings. The van der Waals surface area contributed by atoms with E-state index in [1.165, 1.54) is 6.07 Å². The molecule has 6 heteroatoms. The van der Waals surface area contributed by atoms with Crippen LogP contribution >= 0.6 is 0 Å². The van der Waals surface area contributed by atoms with E-state index >= 15 is 0 Å². The van der Waals surface area contributed by atoms with Gasteiger partial charge in [-0.05, 0) is 12.1 Å². The first kappa shape index (κ1) is 9.59. The van der Waals surface area contributed by atoms with Gasteiger partial charge in [0.2, 0.25) is 0 Å². The first-order valence-electron chi connectivity index (χ1n) is 4.91. The van der Waals surface area contributed by atoms with Crippen molar-refractivity contribution in [2.75, 3.05) is 5.84 Å². The zero-order chi connectivity index (χ0) is 12.0. The minimum atomic E-state index is -1.07. The van der Waals surface area contributed by atoms with E-state index in [1.807, 2.05) is 0 Å². The van der Waals surface area contributed by atoms with Crippen molar-refractivity contribution >= 4 is 27.8 Å². The molecule has 3 aromatic heterocycles. The van der Waals surface area contributed by atoms with Crippen molar-refractivity contribution in [2.24, 2.45) is 0 Å². The molecule has 0 aliphatic heterocycles. The average Bonchev–Trinajstić information content (AvgIpc) is 2.67. The number of aromatic nitrogens is 3. The molecule has 3 N–H and O–H groups in total. The van der Waals surface area contributed by atoms with Gasteiger partial charge in [-0.15, -0.1) is 0 Å². The van der Waals surface area contributed by atoms with Gasteiger partial charge in [-0.2, -0.15) is 0 Å². The van der Waals surface area contributed by atoms with E-state index in [4.69, 9.17) is 10.9 Å². The zero-order valence-corrected chi connectivity index (χ0v) is 8.66. The summed E-state index contributed by atoms with van der Waals surface area (Å²) in [6.07, 6.45) is 4.86. The predicted molar refractivity (Wildman–Crippen MR) is 62.1 cm³/mol. The topological polar surface area (TPSA) is 94.0 Å². The maximum atomic E-state index is 11.0. The number of rotatable bonds is 1. The van der Waals surface area contributed by atoms with Crippen LogP contribution in [0, 0.1) is 0 Å². The third-order valence-electron chi connectivity index (χ3n) is 2.68. The molecule has 0 aromatic carbocycles. The summed E-state index contributed by atoms with van der Waals surface area (Å²) < 4.78 is 1.16. The summed E-state index contributed by atoms with van der Waals surface area (Å²) >= 11 is 0. The second kappa shape index (κ2) is 3.18. The summed E-state index contributed by atoms with van der Waals surface area (Å²) in [6, 6.07) is 3.25. The van der Waals surface area contributed by atoms with Crippen molar-refractivity contribution in [1.82, 2.24) is 14.6 Å². The number of nitrogens with zero attached hydrogens (tertiary/aromatic N) is 3. The van der Waals surface area contributed by atoms with E-state index in [-0.39, 0.29) is 5.69 Å². The molecular weight excluding hydrogens is 220 g/mol. The summed E-state index contributed by atoms with van der Waals surface area (Å²) in [5.74, 6) is 4.72. The van der Waals surface area contributed by atoms with Crippen molar-refractivity contribution < 1.29 is 9.90 Å². The van der Waals surface area contributed by atoms with Gasteiger partial charge in [-0.1, -0.05) is 0 Å². The largest absolute Gasteiger partial charge is 0.477 e. The van der Waals surface area contributed by atoms with Crippen molar-refractivity contribution in [3.05, 3.63) is 36.4 Å². The molecule has 0 saturated heterocycles. The van der Waals surface area contributed by atoms with Crippen LogP contribution in [0.1, 0.15) is 10.5 Å². The Morgan fingerprint density at radius 1 is 1.41 bits per heavy atom. The first-order chi connectivity index (χ1) is 8.18. The lowest BCUT2D eigenvalue weighted by molar-refractivity contribution is 0.0688. The Balaban J connectivity index is 2.53. The van der Waals surface area contributed by atoms with Crippen LogP contribution in [0.5, 0.6) is 0 Å². The molecule has 3 heterocycles. The fraction of sp³-hybridized carbons (Fsp3) is 0. The Morgan fingerprint density at radius 3 is 3.00 bits per heavy atom. The van der Waals surface area contributed by atoms with Crippen LogP contribution in [0.3, 0.4) is 0 Å². The number of carbonyl (C=O) groups is 1. The number of fused-ring (bicyclic) bond motifs is 3. The smallest absolute Gasteiger partial charge is 0.354 e. The zero-order valence-electron chi connectivity index (χ0n) is 8.66. The molecule has 0 spiro atoms. The molecular formula is C11H8N4O2. The van der Waals surface area contributed by atoms with Crippen molar-refractivity contribution in [1.29, 1.82) is 0 Å². The number of pyridine rings is 2. The molecule has 17 heavy (non-hydrogen) atoms. The van der Waals surface area contributed by atoms with Gasteiger partial charge in [0.15, 0.2) is 0 Å². The highest BCUT2D eigenvalue weighted by molar-refractivity contribution is 6.06. The number of carboxylic acid groups (broad SMARTS) is 1. The van der Waals surface area contributed by atoms with Gasteiger partial charge in [0.25, 0.3) is 0 Å². The highest BCUT2D eigenvalue weighted by Gasteiger charge is 2.15.